The third kappa shape index (κ3) is 1.76. The van der Waals surface area contributed by atoms with E-state index >= 15 is 0 Å². The summed E-state index contributed by atoms with van der Waals surface area (Å²) in [5, 5.41) is 8.36. The van der Waals surface area contributed by atoms with Crippen molar-refractivity contribution in [2.24, 2.45) is 0 Å². The first-order chi connectivity index (χ1) is 6.36. The average Bonchev–Trinajstić information content (AvgIpc) is 1.99. The van der Waals surface area contributed by atoms with Crippen LogP contribution in [0.4, 0.5) is 23.2 Å². The normalized spacial score (nSPS) is 11.1. The van der Waals surface area contributed by atoms with E-state index in [0.29, 0.717) is 6.07 Å². The number of halogens is 4. The maximum Gasteiger partial charge on any atom is 0.420 e. The molecule has 0 fully saturated rings. The van der Waals surface area contributed by atoms with E-state index in [1.54, 1.807) is 0 Å². The number of nitrogen functional groups attached to an aromatic ring is 1. The van der Waals surface area contributed by atoms with E-state index in [-0.39, 0.29) is 5.69 Å². The fraction of sp³-hybridized carbons (Fsp3) is 0.125. The number of rotatable bonds is 0. The molecule has 0 saturated heterocycles. The summed E-state index contributed by atoms with van der Waals surface area (Å²) < 4.78 is 49.4. The lowest BCUT2D eigenvalue weighted by atomic mass is 10.1. The van der Waals surface area contributed by atoms with Crippen molar-refractivity contribution in [3.63, 3.8) is 0 Å². The number of nitriles is 1. The number of hydrogen-bond acceptors (Lipinski definition) is 2. The molecule has 2 N–H and O–H groups in total. The Morgan fingerprint density at radius 3 is 2.29 bits per heavy atom. The smallest absolute Gasteiger partial charge is 0.399 e. The zero-order valence-corrected chi connectivity index (χ0v) is 6.69. The lowest BCUT2D eigenvalue weighted by Gasteiger charge is -2.09. The topological polar surface area (TPSA) is 49.8 Å². The van der Waals surface area contributed by atoms with Gasteiger partial charge in [0.15, 0.2) is 0 Å². The van der Waals surface area contributed by atoms with Gasteiger partial charge in [-0.1, -0.05) is 0 Å². The Morgan fingerprint density at radius 1 is 1.29 bits per heavy atom. The quantitative estimate of drug-likeness (QED) is 0.520. The second-order valence-corrected chi connectivity index (χ2v) is 2.53. The molecule has 0 amide bonds. The van der Waals surface area contributed by atoms with Gasteiger partial charge in [0.25, 0.3) is 0 Å². The van der Waals surface area contributed by atoms with Gasteiger partial charge < -0.3 is 5.73 Å². The van der Waals surface area contributed by atoms with E-state index in [4.69, 9.17) is 11.0 Å². The standard InChI is InChI=1S/C8H4F4N2/c9-6-2-5(14)1-4(3-13)7(6)8(10,11)12/h1-2H,14H2. The Hall–Kier alpha value is -1.77. The summed E-state index contributed by atoms with van der Waals surface area (Å²) in [6, 6.07) is 2.56. The third-order valence-corrected chi connectivity index (χ3v) is 1.52. The van der Waals surface area contributed by atoms with Gasteiger partial charge in [-0.05, 0) is 12.1 Å². The van der Waals surface area contributed by atoms with Crippen LogP contribution in [-0.2, 0) is 6.18 Å². The highest BCUT2D eigenvalue weighted by Gasteiger charge is 2.37. The number of nitrogens with two attached hydrogens (primary N) is 1. The van der Waals surface area contributed by atoms with Crippen LogP contribution in [0.3, 0.4) is 0 Å². The van der Waals surface area contributed by atoms with E-state index in [9.17, 15) is 17.6 Å². The lowest BCUT2D eigenvalue weighted by Crippen LogP contribution is -2.11. The van der Waals surface area contributed by atoms with Crippen LogP contribution in [0.2, 0.25) is 0 Å². The molecule has 0 aromatic heterocycles. The van der Waals surface area contributed by atoms with Gasteiger partial charge in [0.1, 0.15) is 11.4 Å². The molecule has 1 rings (SSSR count). The van der Waals surface area contributed by atoms with Gasteiger partial charge in [-0.25, -0.2) is 4.39 Å². The predicted molar refractivity (Wildman–Crippen MR) is 40.5 cm³/mol. The van der Waals surface area contributed by atoms with Crippen LogP contribution in [0.25, 0.3) is 0 Å². The third-order valence-electron chi connectivity index (χ3n) is 1.52. The highest BCUT2D eigenvalue weighted by atomic mass is 19.4. The first kappa shape index (κ1) is 10.3. The Bertz CT molecular complexity index is 403. The summed E-state index contributed by atoms with van der Waals surface area (Å²) in [5.74, 6) is -1.53. The second-order valence-electron chi connectivity index (χ2n) is 2.53. The summed E-state index contributed by atoms with van der Waals surface area (Å²) >= 11 is 0. The van der Waals surface area contributed by atoms with Crippen molar-refractivity contribution in [2.45, 2.75) is 6.18 Å². The molecule has 0 spiro atoms. The highest BCUT2D eigenvalue weighted by Crippen LogP contribution is 2.34. The molecule has 0 bridgehead atoms. The molecule has 74 valence electrons. The molecule has 0 heterocycles. The van der Waals surface area contributed by atoms with Crippen LogP contribution in [0.5, 0.6) is 0 Å². The second kappa shape index (κ2) is 3.18. The minimum atomic E-state index is -4.89. The highest BCUT2D eigenvalue weighted by molar-refractivity contribution is 5.51. The number of hydrogen-bond donors (Lipinski definition) is 1. The summed E-state index contributed by atoms with van der Waals surface area (Å²) in [6.45, 7) is 0. The zero-order valence-electron chi connectivity index (χ0n) is 6.69. The first-order valence-electron chi connectivity index (χ1n) is 3.42. The molecule has 0 radical (unpaired) electrons. The molecule has 6 heteroatoms. The summed E-state index contributed by atoms with van der Waals surface area (Å²) in [4.78, 5) is 0. The van der Waals surface area contributed by atoms with E-state index in [0.717, 1.165) is 6.07 Å². The van der Waals surface area contributed by atoms with Crippen LogP contribution in [0.15, 0.2) is 12.1 Å². The molecule has 14 heavy (non-hydrogen) atoms. The van der Waals surface area contributed by atoms with Crippen molar-refractivity contribution < 1.29 is 17.6 Å². The van der Waals surface area contributed by atoms with Crippen molar-refractivity contribution in [3.05, 3.63) is 29.1 Å². The monoisotopic (exact) mass is 204 g/mol. The molecule has 0 aliphatic rings. The Labute approximate surface area is 76.6 Å². The minimum Gasteiger partial charge on any atom is -0.399 e. The van der Waals surface area contributed by atoms with Gasteiger partial charge in [-0.3, -0.25) is 0 Å². The van der Waals surface area contributed by atoms with Crippen molar-refractivity contribution >= 4 is 5.69 Å². The Kier molecular flexibility index (Phi) is 2.34. The predicted octanol–water partition coefficient (Wildman–Crippen LogP) is 2.30. The molecule has 0 unspecified atom stereocenters. The van der Waals surface area contributed by atoms with Crippen molar-refractivity contribution in [1.29, 1.82) is 5.26 Å². The van der Waals surface area contributed by atoms with E-state index < -0.39 is 23.1 Å². The first-order valence-corrected chi connectivity index (χ1v) is 3.42. The van der Waals surface area contributed by atoms with Crippen LogP contribution in [0, 0.1) is 17.1 Å². The average molecular weight is 204 g/mol. The number of nitrogens with zero attached hydrogens (tertiary/aromatic N) is 1. The van der Waals surface area contributed by atoms with Gasteiger partial charge in [0.05, 0.1) is 11.6 Å². The van der Waals surface area contributed by atoms with E-state index in [2.05, 4.69) is 0 Å². The van der Waals surface area contributed by atoms with E-state index in [1.165, 1.54) is 6.07 Å². The zero-order chi connectivity index (χ0) is 10.9. The number of benzene rings is 1. The van der Waals surface area contributed by atoms with Gasteiger partial charge >= 0.3 is 6.18 Å². The SMILES string of the molecule is N#Cc1cc(N)cc(F)c1C(F)(F)F. The van der Waals surface area contributed by atoms with Crippen LogP contribution >= 0.6 is 0 Å². The Balaban J connectivity index is 3.51. The number of alkyl halides is 3. The minimum absolute atomic E-state index is 0.216. The van der Waals surface area contributed by atoms with E-state index in [1.807, 2.05) is 0 Å². The maximum absolute atomic E-state index is 12.8. The molecular weight excluding hydrogens is 200 g/mol. The fourth-order valence-corrected chi connectivity index (χ4v) is 1.00. The number of anilines is 1. The molecule has 1 aromatic carbocycles. The van der Waals surface area contributed by atoms with Gasteiger partial charge in [0.2, 0.25) is 0 Å². The molecule has 0 saturated carbocycles. The van der Waals surface area contributed by atoms with Gasteiger partial charge in [0, 0.05) is 5.69 Å². The maximum atomic E-state index is 12.8. The van der Waals surface area contributed by atoms with Crippen molar-refractivity contribution in [1.82, 2.24) is 0 Å². The molecular formula is C8H4F4N2. The van der Waals surface area contributed by atoms with Crippen molar-refractivity contribution in [3.8, 4) is 6.07 Å². The molecule has 2 nitrogen and oxygen atoms in total. The van der Waals surface area contributed by atoms with Gasteiger partial charge in [-0.2, -0.15) is 18.4 Å². The lowest BCUT2D eigenvalue weighted by molar-refractivity contribution is -0.140. The van der Waals surface area contributed by atoms with Crippen LogP contribution < -0.4 is 5.73 Å². The van der Waals surface area contributed by atoms with Gasteiger partial charge in [-0.15, -0.1) is 0 Å². The summed E-state index contributed by atoms with van der Waals surface area (Å²) in [5.41, 5.74) is 2.49. The van der Waals surface area contributed by atoms with Crippen molar-refractivity contribution in [2.75, 3.05) is 5.73 Å². The Morgan fingerprint density at radius 2 is 1.86 bits per heavy atom. The largest absolute Gasteiger partial charge is 0.420 e. The van der Waals surface area contributed by atoms with Crippen LogP contribution in [0.1, 0.15) is 11.1 Å². The molecule has 0 aliphatic carbocycles. The van der Waals surface area contributed by atoms with Crippen LogP contribution in [-0.4, -0.2) is 0 Å². The summed E-state index contributed by atoms with van der Waals surface area (Å²) in [7, 11) is 0. The molecule has 1 aromatic rings. The summed E-state index contributed by atoms with van der Waals surface area (Å²) in [6.07, 6.45) is -4.89. The fourth-order valence-electron chi connectivity index (χ4n) is 1.00. The molecule has 0 atom stereocenters. The molecule has 0 aliphatic heterocycles.